The number of carboxylic acids is 1. The molecule has 0 radical (unpaired) electrons. The van der Waals surface area contributed by atoms with E-state index >= 15 is 0 Å². The number of carbonyl (C=O) groups is 2. The summed E-state index contributed by atoms with van der Waals surface area (Å²) in [6.45, 7) is 0.785. The molecule has 1 amide bonds. The molecule has 1 aliphatic rings. The quantitative estimate of drug-likeness (QED) is 0.133. The number of nitrogens with zero attached hydrogens (tertiary/aromatic N) is 3. The summed E-state index contributed by atoms with van der Waals surface area (Å²) in [6.07, 6.45) is -4.09. The molecule has 3 aromatic rings. The van der Waals surface area contributed by atoms with E-state index in [4.69, 9.17) is 4.74 Å². The third-order valence-corrected chi connectivity index (χ3v) is 8.11. The van der Waals surface area contributed by atoms with Gasteiger partial charge in [0.2, 0.25) is 6.04 Å². The summed E-state index contributed by atoms with van der Waals surface area (Å²) in [6, 6.07) is 19.7. The third-order valence-electron chi connectivity index (χ3n) is 7.50. The van der Waals surface area contributed by atoms with Crippen LogP contribution in [-0.2, 0) is 18.6 Å². The molecule has 230 valence electrons. The third kappa shape index (κ3) is 7.30. The van der Waals surface area contributed by atoms with Crippen molar-refractivity contribution >= 4 is 19.9 Å². The fourth-order valence-corrected chi connectivity index (χ4v) is 6.20. The Bertz CT molecular complexity index is 1560. The summed E-state index contributed by atoms with van der Waals surface area (Å²) >= 11 is 0. The number of nitro groups is 1. The van der Waals surface area contributed by atoms with Crippen molar-refractivity contribution in [2.75, 3.05) is 6.61 Å². The molecule has 1 aliphatic carbocycles. The van der Waals surface area contributed by atoms with Crippen LogP contribution >= 0.6 is 7.82 Å². The minimum absolute atomic E-state index is 0.249. The Morgan fingerprint density at radius 2 is 1.57 bits per heavy atom. The molecule has 44 heavy (non-hydrogen) atoms. The zero-order valence-corrected chi connectivity index (χ0v) is 24.4. The number of carboxylic acid groups (broad SMARTS) is 1. The van der Waals surface area contributed by atoms with Crippen molar-refractivity contribution in [1.82, 2.24) is 4.90 Å². The minimum atomic E-state index is -5.24. The molecular weight excluding hydrogens is 593 g/mol. The minimum Gasteiger partial charge on any atom is -0.480 e. The van der Waals surface area contributed by atoms with E-state index in [1.54, 1.807) is 18.2 Å². The Morgan fingerprint density at radius 3 is 2.07 bits per heavy atom. The van der Waals surface area contributed by atoms with Gasteiger partial charge in [-0.1, -0.05) is 78.9 Å². The van der Waals surface area contributed by atoms with Crippen molar-refractivity contribution in [3.8, 4) is 17.2 Å². The molecule has 0 saturated carbocycles. The predicted octanol–water partition coefficient (Wildman–Crippen LogP) is 4.88. The van der Waals surface area contributed by atoms with Crippen molar-refractivity contribution in [1.29, 1.82) is 5.26 Å². The zero-order valence-electron chi connectivity index (χ0n) is 23.5. The van der Waals surface area contributed by atoms with Gasteiger partial charge in [0.25, 0.3) is 0 Å². The average molecular weight is 624 g/mol. The van der Waals surface area contributed by atoms with E-state index in [9.17, 15) is 44.4 Å². The Hall–Kier alpha value is -4.60. The first-order chi connectivity index (χ1) is 20.9. The van der Waals surface area contributed by atoms with E-state index in [-0.39, 0.29) is 12.2 Å². The van der Waals surface area contributed by atoms with E-state index in [1.165, 1.54) is 12.1 Å². The lowest BCUT2D eigenvalue weighted by atomic mass is 9.95. The van der Waals surface area contributed by atoms with E-state index < -0.39 is 67.8 Å². The standard InChI is InChI=1S/C30H30N3O10P/c1-19(43-44(39,40)41)28(29(34)35)32(21(15-16-31)17-27(33(37)38)20-9-3-2-4-10-20)30(36)42-18-26-24-13-7-5-11-22(24)23-12-6-8-14-25(23)26/h2-14,19,21,26-28H,15,17-18H2,1H3,(H,34,35)(H2,39,40,41)/t19-,21?,27?,28+/m1/s1. The summed E-state index contributed by atoms with van der Waals surface area (Å²) in [5.74, 6) is -2.15. The van der Waals surface area contributed by atoms with Gasteiger partial charge < -0.3 is 19.6 Å². The van der Waals surface area contributed by atoms with Crippen LogP contribution in [0.25, 0.3) is 11.1 Å². The number of rotatable bonds is 13. The van der Waals surface area contributed by atoms with Crippen LogP contribution in [0.5, 0.6) is 0 Å². The van der Waals surface area contributed by atoms with Gasteiger partial charge in [0.1, 0.15) is 6.61 Å². The maximum atomic E-state index is 13.9. The number of aliphatic carboxylic acids is 1. The maximum absolute atomic E-state index is 13.9. The molecule has 0 heterocycles. The van der Waals surface area contributed by atoms with E-state index in [0.717, 1.165) is 29.2 Å². The highest BCUT2D eigenvalue weighted by atomic mass is 31.2. The van der Waals surface area contributed by atoms with Crippen molar-refractivity contribution in [2.24, 2.45) is 0 Å². The lowest BCUT2D eigenvalue weighted by Gasteiger charge is -2.37. The van der Waals surface area contributed by atoms with Crippen molar-refractivity contribution < 1.29 is 43.2 Å². The zero-order chi connectivity index (χ0) is 32.0. The van der Waals surface area contributed by atoms with Gasteiger partial charge in [-0.25, -0.2) is 14.2 Å². The van der Waals surface area contributed by atoms with Gasteiger partial charge in [-0.3, -0.25) is 19.5 Å². The fourth-order valence-electron chi connectivity index (χ4n) is 5.66. The second-order valence-electron chi connectivity index (χ2n) is 10.3. The molecule has 3 N–H and O–H groups in total. The molecule has 4 atom stereocenters. The summed E-state index contributed by atoms with van der Waals surface area (Å²) in [5.41, 5.74) is 3.86. The second kappa shape index (κ2) is 13.8. The molecule has 14 heteroatoms. The molecule has 0 saturated heterocycles. The van der Waals surface area contributed by atoms with Gasteiger partial charge in [-0.05, 0) is 29.2 Å². The van der Waals surface area contributed by atoms with Crippen LogP contribution in [0.15, 0.2) is 78.9 Å². The van der Waals surface area contributed by atoms with Crippen LogP contribution in [-0.4, -0.2) is 61.6 Å². The van der Waals surface area contributed by atoms with Crippen LogP contribution in [0, 0.1) is 21.4 Å². The number of phosphoric acid groups is 1. The van der Waals surface area contributed by atoms with Gasteiger partial charge >= 0.3 is 19.9 Å². The number of fused-ring (bicyclic) bond motifs is 3. The number of benzene rings is 3. The predicted molar refractivity (Wildman–Crippen MR) is 156 cm³/mol. The lowest BCUT2D eigenvalue weighted by molar-refractivity contribution is -0.531. The lowest BCUT2D eigenvalue weighted by Crippen LogP contribution is -2.56. The van der Waals surface area contributed by atoms with Gasteiger partial charge in [-0.15, -0.1) is 0 Å². The van der Waals surface area contributed by atoms with E-state index in [0.29, 0.717) is 4.90 Å². The monoisotopic (exact) mass is 623 g/mol. The Balaban J connectivity index is 1.72. The Morgan fingerprint density at radius 1 is 1.02 bits per heavy atom. The molecule has 0 aromatic heterocycles. The molecule has 0 fully saturated rings. The number of phosphoric ester groups is 1. The molecule has 0 spiro atoms. The molecular formula is C30H30N3O10P. The first-order valence-corrected chi connectivity index (χ1v) is 15.1. The van der Waals surface area contributed by atoms with Crippen molar-refractivity contribution in [3.63, 3.8) is 0 Å². The topological polar surface area (TPSA) is 201 Å². The second-order valence-corrected chi connectivity index (χ2v) is 11.5. The first kappa shape index (κ1) is 32.3. The Labute approximate surface area is 252 Å². The largest absolute Gasteiger partial charge is 0.480 e. The number of carbonyl (C=O) groups excluding carboxylic acids is 1. The first-order valence-electron chi connectivity index (χ1n) is 13.6. The van der Waals surface area contributed by atoms with E-state index in [1.807, 2.05) is 54.6 Å². The summed E-state index contributed by atoms with van der Waals surface area (Å²) in [5, 5.41) is 32.0. The number of ether oxygens (including phenoxy) is 1. The van der Waals surface area contributed by atoms with Crippen LogP contribution in [0.1, 0.15) is 48.4 Å². The van der Waals surface area contributed by atoms with Gasteiger partial charge in [0.15, 0.2) is 6.04 Å². The SMILES string of the molecule is C[C@@H](OP(=O)(O)O)[C@@H](C(=O)O)N(C(=O)OCC1c2ccccc2-c2ccccc21)C(CC#N)CC(c1ccccc1)[N+](=O)[O-]. The number of hydrogen-bond acceptors (Lipinski definition) is 8. The van der Waals surface area contributed by atoms with Crippen molar-refractivity contribution in [3.05, 3.63) is 106 Å². The van der Waals surface area contributed by atoms with Crippen molar-refractivity contribution in [2.45, 2.75) is 49.9 Å². The fraction of sp³-hybridized carbons (Fsp3) is 0.300. The summed E-state index contributed by atoms with van der Waals surface area (Å²) in [4.78, 5) is 57.4. The highest BCUT2D eigenvalue weighted by molar-refractivity contribution is 7.46. The molecule has 2 unspecified atom stereocenters. The molecule has 3 aromatic carbocycles. The van der Waals surface area contributed by atoms with Crippen LogP contribution in [0.2, 0.25) is 0 Å². The average Bonchev–Trinajstić information content (AvgIpc) is 3.29. The number of hydrogen-bond donors (Lipinski definition) is 3. The maximum Gasteiger partial charge on any atom is 0.469 e. The number of amides is 1. The molecule has 0 aliphatic heterocycles. The van der Waals surface area contributed by atoms with Gasteiger partial charge in [0, 0.05) is 22.8 Å². The normalized spacial score (nSPS) is 15.1. The van der Waals surface area contributed by atoms with Gasteiger partial charge in [-0.2, -0.15) is 5.26 Å². The smallest absolute Gasteiger partial charge is 0.469 e. The molecule has 4 rings (SSSR count). The Kier molecular flexibility index (Phi) is 10.1. The number of nitriles is 1. The van der Waals surface area contributed by atoms with Crippen LogP contribution in [0.3, 0.4) is 0 Å². The summed E-state index contributed by atoms with van der Waals surface area (Å²) in [7, 11) is -5.24. The van der Waals surface area contributed by atoms with Crippen LogP contribution in [0.4, 0.5) is 4.79 Å². The van der Waals surface area contributed by atoms with Gasteiger partial charge in [0.05, 0.1) is 24.6 Å². The van der Waals surface area contributed by atoms with Crippen LogP contribution < -0.4 is 0 Å². The molecule has 0 bridgehead atoms. The summed E-state index contributed by atoms with van der Waals surface area (Å²) < 4.78 is 22.0. The van der Waals surface area contributed by atoms with E-state index in [2.05, 4.69) is 4.52 Å². The molecule has 13 nitrogen and oxygen atoms in total. The highest BCUT2D eigenvalue weighted by Crippen LogP contribution is 2.45. The highest BCUT2D eigenvalue weighted by Gasteiger charge is 2.45.